The molecule has 1 aromatic heterocycles. The lowest BCUT2D eigenvalue weighted by Gasteiger charge is -2.10. The third kappa shape index (κ3) is 2.59. The molecule has 6 heteroatoms. The third-order valence-corrected chi connectivity index (χ3v) is 4.94. The first kappa shape index (κ1) is 14.7. The first-order valence-electron chi connectivity index (χ1n) is 5.96. The van der Waals surface area contributed by atoms with Crippen LogP contribution in [0.3, 0.4) is 0 Å². The van der Waals surface area contributed by atoms with Crippen molar-refractivity contribution in [2.45, 2.75) is 18.2 Å². The van der Waals surface area contributed by atoms with Crippen LogP contribution in [0.2, 0.25) is 5.15 Å². The molecule has 20 heavy (non-hydrogen) atoms. The van der Waals surface area contributed by atoms with Crippen molar-refractivity contribution in [1.29, 1.82) is 0 Å². The first-order valence-corrected chi connectivity index (χ1v) is 7.82. The molecule has 0 radical (unpaired) electrons. The Labute approximate surface area is 122 Å². The van der Waals surface area contributed by atoms with Crippen LogP contribution in [0, 0.1) is 0 Å². The van der Waals surface area contributed by atoms with E-state index in [4.69, 9.17) is 11.6 Å². The Bertz CT molecular complexity index is 757. The predicted molar refractivity (Wildman–Crippen MR) is 77.2 cm³/mol. The summed E-state index contributed by atoms with van der Waals surface area (Å²) in [5, 5.41) is -0.621. The smallest absolute Gasteiger partial charge is 0.250 e. The van der Waals surface area contributed by atoms with Gasteiger partial charge in [0.05, 0.1) is 4.90 Å². The Balaban J connectivity index is 2.70. The molecular formula is C14H12ClNO3S. The monoisotopic (exact) mass is 309 g/mol. The van der Waals surface area contributed by atoms with E-state index in [1.54, 1.807) is 30.3 Å². The number of hydrogen-bond acceptors (Lipinski definition) is 4. The van der Waals surface area contributed by atoms with Crippen molar-refractivity contribution in [3.8, 4) is 11.1 Å². The van der Waals surface area contributed by atoms with Crippen molar-refractivity contribution in [2.75, 3.05) is 0 Å². The standard InChI is InChI=1S/C14H12ClNO3S/c1-2-13(17)20(18,19)12-8-4-3-6-10(12)11-7-5-9-16-14(11)15/h3-9H,2H2,1H3. The summed E-state index contributed by atoms with van der Waals surface area (Å²) in [6.07, 6.45) is 1.44. The molecule has 1 heterocycles. The van der Waals surface area contributed by atoms with Gasteiger partial charge in [-0.2, -0.15) is 0 Å². The number of benzene rings is 1. The summed E-state index contributed by atoms with van der Waals surface area (Å²) in [5.41, 5.74) is 0.865. The second-order valence-electron chi connectivity index (χ2n) is 4.07. The van der Waals surface area contributed by atoms with Crippen LogP contribution in [0.15, 0.2) is 47.5 Å². The topological polar surface area (TPSA) is 64.1 Å². The number of pyridine rings is 1. The van der Waals surface area contributed by atoms with Gasteiger partial charge in [0.15, 0.2) is 0 Å². The number of sulfone groups is 1. The summed E-state index contributed by atoms with van der Waals surface area (Å²) in [5.74, 6) is 0. The summed E-state index contributed by atoms with van der Waals surface area (Å²) in [6.45, 7) is 1.51. The number of hydrogen-bond donors (Lipinski definition) is 0. The summed E-state index contributed by atoms with van der Waals surface area (Å²) in [6, 6.07) is 9.60. The maximum absolute atomic E-state index is 12.3. The van der Waals surface area contributed by atoms with Gasteiger partial charge in [0.2, 0.25) is 9.84 Å². The van der Waals surface area contributed by atoms with Gasteiger partial charge < -0.3 is 0 Å². The maximum Gasteiger partial charge on any atom is 0.250 e. The fourth-order valence-electron chi connectivity index (χ4n) is 1.82. The fraction of sp³-hybridized carbons (Fsp3) is 0.143. The van der Waals surface area contributed by atoms with E-state index < -0.39 is 15.0 Å². The Morgan fingerprint density at radius 2 is 1.80 bits per heavy atom. The Hall–Kier alpha value is -1.72. The molecule has 4 nitrogen and oxygen atoms in total. The lowest BCUT2D eigenvalue weighted by molar-refractivity contribution is -0.111. The molecule has 0 saturated heterocycles. The van der Waals surface area contributed by atoms with Crippen molar-refractivity contribution in [1.82, 2.24) is 4.98 Å². The molecule has 0 aliphatic heterocycles. The summed E-state index contributed by atoms with van der Waals surface area (Å²) in [7, 11) is -4.01. The van der Waals surface area contributed by atoms with Gasteiger partial charge in [0.1, 0.15) is 5.15 Å². The zero-order valence-corrected chi connectivity index (χ0v) is 12.3. The highest BCUT2D eigenvalue weighted by molar-refractivity contribution is 8.06. The zero-order chi connectivity index (χ0) is 14.8. The highest BCUT2D eigenvalue weighted by Crippen LogP contribution is 2.32. The minimum Gasteiger partial charge on any atom is -0.281 e. The minimum atomic E-state index is -4.01. The number of carbonyl (C=O) groups excluding carboxylic acids is 1. The van der Waals surface area contributed by atoms with E-state index in [0.717, 1.165) is 0 Å². The van der Waals surface area contributed by atoms with E-state index in [9.17, 15) is 13.2 Å². The number of aromatic nitrogens is 1. The molecule has 2 aromatic rings. The lowest BCUT2D eigenvalue weighted by Crippen LogP contribution is -2.14. The summed E-state index contributed by atoms with van der Waals surface area (Å²) in [4.78, 5) is 15.6. The van der Waals surface area contributed by atoms with Gasteiger partial charge in [-0.15, -0.1) is 0 Å². The van der Waals surface area contributed by atoms with E-state index in [1.165, 1.54) is 19.2 Å². The highest BCUT2D eigenvalue weighted by atomic mass is 35.5. The van der Waals surface area contributed by atoms with Gasteiger partial charge >= 0.3 is 0 Å². The van der Waals surface area contributed by atoms with E-state index in [0.29, 0.717) is 11.1 Å². The molecule has 0 fully saturated rings. The number of nitrogens with zero attached hydrogens (tertiary/aromatic N) is 1. The van der Waals surface area contributed by atoms with Crippen LogP contribution < -0.4 is 0 Å². The van der Waals surface area contributed by atoms with Gasteiger partial charge in [-0.25, -0.2) is 13.4 Å². The van der Waals surface area contributed by atoms with Gasteiger partial charge in [-0.3, -0.25) is 4.79 Å². The van der Waals surface area contributed by atoms with Crippen molar-refractivity contribution in [2.24, 2.45) is 0 Å². The van der Waals surface area contributed by atoms with E-state index in [1.807, 2.05) is 0 Å². The molecular weight excluding hydrogens is 298 g/mol. The molecule has 0 bridgehead atoms. The molecule has 0 atom stereocenters. The van der Waals surface area contributed by atoms with Gasteiger partial charge in [0.25, 0.3) is 5.12 Å². The molecule has 0 unspecified atom stereocenters. The number of rotatable bonds is 3. The molecule has 104 valence electrons. The first-order chi connectivity index (χ1) is 9.48. The second-order valence-corrected chi connectivity index (χ2v) is 6.33. The van der Waals surface area contributed by atoms with Crippen molar-refractivity contribution >= 4 is 26.6 Å². The SMILES string of the molecule is CCC(=O)S(=O)(=O)c1ccccc1-c1cccnc1Cl. The summed E-state index contributed by atoms with van der Waals surface area (Å²) >= 11 is 6.00. The van der Waals surface area contributed by atoms with Crippen LogP contribution >= 0.6 is 11.6 Å². The molecule has 0 N–H and O–H groups in total. The van der Waals surface area contributed by atoms with Gasteiger partial charge in [0, 0.05) is 23.7 Å². The van der Waals surface area contributed by atoms with Crippen molar-refractivity contribution in [3.05, 3.63) is 47.7 Å². The molecule has 0 spiro atoms. The lowest BCUT2D eigenvalue weighted by atomic mass is 10.1. The normalized spacial score (nSPS) is 11.3. The number of carbonyl (C=O) groups is 1. The van der Waals surface area contributed by atoms with Crippen LogP contribution in [0.1, 0.15) is 13.3 Å². The van der Waals surface area contributed by atoms with Gasteiger partial charge in [-0.1, -0.05) is 36.7 Å². The Kier molecular flexibility index (Phi) is 4.20. The van der Waals surface area contributed by atoms with Crippen LogP contribution in [-0.4, -0.2) is 18.5 Å². The van der Waals surface area contributed by atoms with E-state index in [-0.39, 0.29) is 16.5 Å². The fourth-order valence-corrected chi connectivity index (χ4v) is 3.39. The van der Waals surface area contributed by atoms with Crippen molar-refractivity contribution in [3.63, 3.8) is 0 Å². The highest BCUT2D eigenvalue weighted by Gasteiger charge is 2.26. The average molecular weight is 310 g/mol. The van der Waals surface area contributed by atoms with E-state index >= 15 is 0 Å². The van der Waals surface area contributed by atoms with Gasteiger partial charge in [-0.05, 0) is 18.2 Å². The molecule has 0 saturated carbocycles. The predicted octanol–water partition coefficient (Wildman–Crippen LogP) is 3.11. The van der Waals surface area contributed by atoms with Crippen molar-refractivity contribution < 1.29 is 13.2 Å². The maximum atomic E-state index is 12.3. The van der Waals surface area contributed by atoms with Crippen LogP contribution in [0.25, 0.3) is 11.1 Å². The van der Waals surface area contributed by atoms with Crippen LogP contribution in [-0.2, 0) is 14.6 Å². The third-order valence-electron chi connectivity index (χ3n) is 2.81. The van der Waals surface area contributed by atoms with Crippen LogP contribution in [0.5, 0.6) is 0 Å². The van der Waals surface area contributed by atoms with E-state index in [2.05, 4.69) is 4.98 Å². The second kappa shape index (κ2) is 5.73. The minimum absolute atomic E-state index is 0.0400. The average Bonchev–Trinajstić information content (AvgIpc) is 2.47. The molecule has 0 aliphatic carbocycles. The molecule has 0 amide bonds. The molecule has 0 aliphatic rings. The molecule has 2 rings (SSSR count). The Morgan fingerprint density at radius 3 is 2.45 bits per heavy atom. The number of halogens is 1. The Morgan fingerprint density at radius 1 is 1.15 bits per heavy atom. The zero-order valence-electron chi connectivity index (χ0n) is 10.7. The summed E-state index contributed by atoms with van der Waals surface area (Å²) < 4.78 is 24.5. The quantitative estimate of drug-likeness (QED) is 0.817. The molecule has 1 aromatic carbocycles. The largest absolute Gasteiger partial charge is 0.281 e. The van der Waals surface area contributed by atoms with Crippen LogP contribution in [0.4, 0.5) is 0 Å².